The zero-order valence-corrected chi connectivity index (χ0v) is 14.7. The highest BCUT2D eigenvalue weighted by atomic mass is 35.5. The molecule has 0 bridgehead atoms. The molecule has 0 fully saturated rings. The summed E-state index contributed by atoms with van der Waals surface area (Å²) >= 11 is 5.94. The molecule has 0 unspecified atom stereocenters. The average molecular weight is 356 g/mol. The van der Waals surface area contributed by atoms with Crippen molar-refractivity contribution in [3.63, 3.8) is 0 Å². The maximum absolute atomic E-state index is 12.3. The molecule has 0 atom stereocenters. The van der Waals surface area contributed by atoms with Crippen LogP contribution >= 0.6 is 11.6 Å². The van der Waals surface area contributed by atoms with Crippen molar-refractivity contribution in [2.45, 2.75) is 13.8 Å². The summed E-state index contributed by atoms with van der Waals surface area (Å²) in [6.07, 6.45) is 1.37. The van der Waals surface area contributed by atoms with Crippen LogP contribution in [0.5, 0.6) is 5.75 Å². The third kappa shape index (κ3) is 5.27. The number of nitrogens with zero attached hydrogens (tertiary/aromatic N) is 1. The molecule has 0 aliphatic heterocycles. The molecule has 1 amide bonds. The molecule has 2 N–H and O–H groups in total. The van der Waals surface area contributed by atoms with Crippen molar-refractivity contribution in [1.82, 2.24) is 0 Å². The van der Waals surface area contributed by atoms with Gasteiger partial charge in [0, 0.05) is 22.6 Å². The van der Waals surface area contributed by atoms with Crippen LogP contribution in [-0.2, 0) is 4.79 Å². The maximum atomic E-state index is 12.3. The Kier molecular flexibility index (Phi) is 6.44. The lowest BCUT2D eigenvalue weighted by atomic mass is 10.2. The number of benzene rings is 2. The SMILES string of the molecule is CCOc1ccc(N/C=C(/C#N)C(=O)Nc2cc(Cl)ccc2C)cc1. The van der Waals surface area contributed by atoms with E-state index in [0.717, 1.165) is 17.0 Å². The Hall–Kier alpha value is -2.97. The van der Waals surface area contributed by atoms with E-state index in [1.807, 2.05) is 19.9 Å². The van der Waals surface area contributed by atoms with Crippen LogP contribution in [0, 0.1) is 18.3 Å². The van der Waals surface area contributed by atoms with Crippen molar-refractivity contribution in [3.8, 4) is 11.8 Å². The minimum Gasteiger partial charge on any atom is -0.494 e. The minimum atomic E-state index is -0.508. The fraction of sp³-hybridized carbons (Fsp3) is 0.158. The van der Waals surface area contributed by atoms with Gasteiger partial charge >= 0.3 is 0 Å². The first-order valence-corrected chi connectivity index (χ1v) is 8.08. The van der Waals surface area contributed by atoms with E-state index in [4.69, 9.17) is 16.3 Å². The topological polar surface area (TPSA) is 74.1 Å². The molecule has 0 aliphatic carbocycles. The Balaban J connectivity index is 2.07. The van der Waals surface area contributed by atoms with Crippen molar-refractivity contribution >= 4 is 28.9 Å². The number of hydrogen-bond donors (Lipinski definition) is 2. The summed E-state index contributed by atoms with van der Waals surface area (Å²) < 4.78 is 5.36. The molecule has 6 heteroatoms. The van der Waals surface area contributed by atoms with E-state index in [1.54, 1.807) is 42.5 Å². The number of nitriles is 1. The van der Waals surface area contributed by atoms with Crippen molar-refractivity contribution in [3.05, 3.63) is 64.8 Å². The molecule has 0 saturated carbocycles. The fourth-order valence-corrected chi connectivity index (χ4v) is 2.21. The Bertz CT molecular complexity index is 824. The lowest BCUT2D eigenvalue weighted by Gasteiger charge is -2.09. The number of ether oxygens (including phenoxy) is 1. The van der Waals surface area contributed by atoms with E-state index in [-0.39, 0.29) is 5.57 Å². The van der Waals surface area contributed by atoms with Crippen molar-refractivity contribution < 1.29 is 9.53 Å². The number of halogens is 1. The second kappa shape index (κ2) is 8.76. The molecule has 2 aromatic rings. The molecular weight excluding hydrogens is 338 g/mol. The van der Waals surface area contributed by atoms with E-state index in [1.165, 1.54) is 6.20 Å². The highest BCUT2D eigenvalue weighted by Crippen LogP contribution is 2.21. The lowest BCUT2D eigenvalue weighted by molar-refractivity contribution is -0.112. The quantitative estimate of drug-likeness (QED) is 0.590. The smallest absolute Gasteiger partial charge is 0.267 e. The molecule has 0 aromatic heterocycles. The predicted octanol–water partition coefficient (Wildman–Crippen LogP) is 4.51. The number of aryl methyl sites for hydroxylation is 1. The van der Waals surface area contributed by atoms with Crippen LogP contribution in [0.1, 0.15) is 12.5 Å². The largest absolute Gasteiger partial charge is 0.494 e. The molecule has 2 aromatic carbocycles. The Morgan fingerprint density at radius 2 is 2.00 bits per heavy atom. The normalized spacial score (nSPS) is 10.7. The zero-order valence-electron chi connectivity index (χ0n) is 14.0. The highest BCUT2D eigenvalue weighted by Gasteiger charge is 2.11. The van der Waals surface area contributed by atoms with Gasteiger partial charge in [-0.25, -0.2) is 0 Å². The predicted molar refractivity (Wildman–Crippen MR) is 99.7 cm³/mol. The van der Waals surface area contributed by atoms with Crippen LogP contribution in [0.25, 0.3) is 0 Å². The summed E-state index contributed by atoms with van der Waals surface area (Å²) in [6.45, 7) is 4.35. The Labute approximate surface area is 151 Å². The van der Waals surface area contributed by atoms with Gasteiger partial charge < -0.3 is 15.4 Å². The first kappa shape index (κ1) is 18.4. The van der Waals surface area contributed by atoms with Gasteiger partial charge in [0.05, 0.1) is 6.61 Å². The number of carbonyl (C=O) groups is 1. The molecule has 5 nitrogen and oxygen atoms in total. The van der Waals surface area contributed by atoms with Crippen LogP contribution in [0.3, 0.4) is 0 Å². The van der Waals surface area contributed by atoms with E-state index in [2.05, 4.69) is 10.6 Å². The molecule has 0 radical (unpaired) electrons. The number of nitrogens with one attached hydrogen (secondary N) is 2. The molecular formula is C19H18ClN3O2. The van der Waals surface area contributed by atoms with Gasteiger partial charge in [0.2, 0.25) is 0 Å². The number of carbonyl (C=O) groups excluding carboxylic acids is 1. The number of amides is 1. The lowest BCUT2D eigenvalue weighted by Crippen LogP contribution is -2.15. The van der Waals surface area contributed by atoms with Crippen molar-refractivity contribution in [2.75, 3.05) is 17.2 Å². The van der Waals surface area contributed by atoms with Gasteiger partial charge in [-0.1, -0.05) is 17.7 Å². The summed E-state index contributed by atoms with van der Waals surface area (Å²) in [6, 6.07) is 14.3. The average Bonchev–Trinajstić information content (AvgIpc) is 2.60. The summed E-state index contributed by atoms with van der Waals surface area (Å²) in [5, 5.41) is 15.4. The van der Waals surface area contributed by atoms with Gasteiger partial charge in [-0.15, -0.1) is 0 Å². The summed E-state index contributed by atoms with van der Waals surface area (Å²) in [4.78, 5) is 12.3. The Morgan fingerprint density at radius 1 is 1.28 bits per heavy atom. The summed E-state index contributed by atoms with van der Waals surface area (Å²) in [5.74, 6) is 0.248. The van der Waals surface area contributed by atoms with E-state index in [9.17, 15) is 10.1 Å². The molecule has 0 heterocycles. The van der Waals surface area contributed by atoms with Crippen molar-refractivity contribution in [2.24, 2.45) is 0 Å². The van der Waals surface area contributed by atoms with E-state index in [0.29, 0.717) is 17.3 Å². The van der Waals surface area contributed by atoms with Gasteiger partial charge in [0.25, 0.3) is 5.91 Å². The molecule has 0 saturated heterocycles. The monoisotopic (exact) mass is 355 g/mol. The van der Waals surface area contributed by atoms with Gasteiger partial charge in [0.1, 0.15) is 17.4 Å². The standard InChI is InChI=1S/C19H18ClN3O2/c1-3-25-17-8-6-16(7-9-17)22-12-14(11-21)19(24)23-18-10-15(20)5-4-13(18)2/h4-10,12,22H,3H2,1-2H3,(H,23,24)/b14-12-. The number of hydrogen-bond acceptors (Lipinski definition) is 4. The van der Waals surface area contributed by atoms with Crippen LogP contribution in [-0.4, -0.2) is 12.5 Å². The number of anilines is 2. The fourth-order valence-electron chi connectivity index (χ4n) is 2.04. The molecule has 25 heavy (non-hydrogen) atoms. The maximum Gasteiger partial charge on any atom is 0.267 e. The zero-order chi connectivity index (χ0) is 18.2. The molecule has 128 valence electrons. The summed E-state index contributed by atoms with van der Waals surface area (Å²) in [5.41, 5.74) is 2.12. The third-order valence-electron chi connectivity index (χ3n) is 3.36. The molecule has 2 rings (SSSR count). The van der Waals surface area contributed by atoms with E-state index >= 15 is 0 Å². The third-order valence-corrected chi connectivity index (χ3v) is 3.60. The second-order valence-electron chi connectivity index (χ2n) is 5.18. The highest BCUT2D eigenvalue weighted by molar-refractivity contribution is 6.31. The van der Waals surface area contributed by atoms with Crippen molar-refractivity contribution in [1.29, 1.82) is 5.26 Å². The minimum absolute atomic E-state index is 0.0479. The Morgan fingerprint density at radius 3 is 2.64 bits per heavy atom. The van der Waals surface area contributed by atoms with Crippen LogP contribution in [0.4, 0.5) is 11.4 Å². The molecule has 0 spiro atoms. The second-order valence-corrected chi connectivity index (χ2v) is 5.62. The van der Waals surface area contributed by atoms with Gasteiger partial charge in [0.15, 0.2) is 0 Å². The van der Waals surface area contributed by atoms with Crippen LogP contribution in [0.15, 0.2) is 54.2 Å². The summed E-state index contributed by atoms with van der Waals surface area (Å²) in [7, 11) is 0. The first-order chi connectivity index (χ1) is 12.0. The van der Waals surface area contributed by atoms with Gasteiger partial charge in [-0.3, -0.25) is 4.79 Å². The number of rotatable bonds is 6. The molecule has 0 aliphatic rings. The first-order valence-electron chi connectivity index (χ1n) is 7.70. The van der Waals surface area contributed by atoms with E-state index < -0.39 is 5.91 Å². The van der Waals surface area contributed by atoms with Crippen LogP contribution in [0.2, 0.25) is 5.02 Å². The van der Waals surface area contributed by atoms with Gasteiger partial charge in [-0.2, -0.15) is 5.26 Å². The van der Waals surface area contributed by atoms with Crippen LogP contribution < -0.4 is 15.4 Å². The van der Waals surface area contributed by atoms with Gasteiger partial charge in [-0.05, 0) is 55.8 Å².